The first-order chi connectivity index (χ1) is 13.0. The Hall–Kier alpha value is -2.15. The Morgan fingerprint density at radius 1 is 1.33 bits per heavy atom. The minimum absolute atomic E-state index is 0.0929. The van der Waals surface area contributed by atoms with Crippen LogP contribution in [0.15, 0.2) is 36.7 Å². The number of hydrogen-bond acceptors (Lipinski definition) is 5. The van der Waals surface area contributed by atoms with Crippen molar-refractivity contribution < 1.29 is 15.0 Å². The van der Waals surface area contributed by atoms with E-state index in [0.717, 1.165) is 5.56 Å². The Morgan fingerprint density at radius 3 is 2.81 bits per heavy atom. The number of carbonyl (C=O) groups excluding carboxylic acids is 1. The predicted octanol–water partition coefficient (Wildman–Crippen LogP) is 2.85. The van der Waals surface area contributed by atoms with Crippen molar-refractivity contribution in [3.05, 3.63) is 52.8 Å². The third-order valence-electron chi connectivity index (χ3n) is 4.89. The highest BCUT2D eigenvalue weighted by Gasteiger charge is 2.27. The third-order valence-corrected chi connectivity index (χ3v) is 5.13. The summed E-state index contributed by atoms with van der Waals surface area (Å²) >= 11 is 6.04. The zero-order valence-electron chi connectivity index (χ0n) is 15.5. The summed E-state index contributed by atoms with van der Waals surface area (Å²) in [4.78, 5) is 20.6. The molecule has 1 aliphatic heterocycles. The summed E-state index contributed by atoms with van der Waals surface area (Å²) in [6, 6.07) is 6.86. The molecule has 1 aromatic carbocycles. The fourth-order valence-corrected chi connectivity index (χ4v) is 3.61. The number of pyridine rings is 1. The van der Waals surface area contributed by atoms with Gasteiger partial charge in [0.15, 0.2) is 0 Å². The molecule has 1 amide bonds. The smallest absolute Gasteiger partial charge is 0.258 e. The van der Waals surface area contributed by atoms with Gasteiger partial charge in [-0.1, -0.05) is 18.5 Å². The number of hydrogen-bond donors (Lipinski definition) is 2. The number of aliphatic hydroxyl groups excluding tert-OH is 2. The fourth-order valence-electron chi connectivity index (χ4n) is 3.41. The number of halogens is 1. The van der Waals surface area contributed by atoms with Crippen molar-refractivity contribution in [1.82, 2.24) is 4.98 Å². The van der Waals surface area contributed by atoms with Gasteiger partial charge in [-0.2, -0.15) is 0 Å². The largest absolute Gasteiger partial charge is 0.394 e. The van der Waals surface area contributed by atoms with E-state index in [0.29, 0.717) is 41.3 Å². The van der Waals surface area contributed by atoms with Crippen molar-refractivity contribution >= 4 is 28.9 Å². The summed E-state index contributed by atoms with van der Waals surface area (Å²) in [7, 11) is 0. The second-order valence-corrected chi connectivity index (χ2v) is 7.17. The number of benzene rings is 1. The van der Waals surface area contributed by atoms with Crippen molar-refractivity contribution in [3.63, 3.8) is 0 Å². The van der Waals surface area contributed by atoms with Crippen LogP contribution in [-0.4, -0.2) is 46.5 Å². The van der Waals surface area contributed by atoms with Crippen LogP contribution in [0, 0.1) is 0 Å². The molecule has 2 atom stereocenters. The maximum absolute atomic E-state index is 12.9. The number of nitrogens with zero attached hydrogens (tertiary/aromatic N) is 3. The second kappa shape index (κ2) is 8.25. The van der Waals surface area contributed by atoms with Crippen molar-refractivity contribution in [2.75, 3.05) is 23.0 Å². The van der Waals surface area contributed by atoms with E-state index >= 15 is 0 Å². The summed E-state index contributed by atoms with van der Waals surface area (Å²) < 4.78 is 0. The SMILES string of the molecule is CCC(O)N(c1cncc(N2CCc3cc(Cl)ccc3C2=O)c1)[C@@H](C)CO. The molecule has 6 nitrogen and oxygen atoms in total. The van der Waals surface area contributed by atoms with Gasteiger partial charge in [-0.05, 0) is 49.6 Å². The number of fused-ring (bicyclic) bond motifs is 1. The molecule has 27 heavy (non-hydrogen) atoms. The molecule has 2 heterocycles. The lowest BCUT2D eigenvalue weighted by Crippen LogP contribution is -2.44. The topological polar surface area (TPSA) is 76.9 Å². The summed E-state index contributed by atoms with van der Waals surface area (Å²) in [6.07, 6.45) is 3.74. The fraction of sp³-hybridized carbons (Fsp3) is 0.400. The normalized spacial score (nSPS) is 16.0. The van der Waals surface area contributed by atoms with E-state index in [4.69, 9.17) is 11.6 Å². The number of aliphatic hydroxyl groups is 2. The van der Waals surface area contributed by atoms with E-state index in [2.05, 4.69) is 4.98 Å². The van der Waals surface area contributed by atoms with E-state index in [-0.39, 0.29) is 18.6 Å². The lowest BCUT2D eigenvalue weighted by molar-refractivity contribution is 0.0980. The highest BCUT2D eigenvalue weighted by Crippen LogP contribution is 2.29. The lowest BCUT2D eigenvalue weighted by Gasteiger charge is -2.35. The van der Waals surface area contributed by atoms with Crippen LogP contribution >= 0.6 is 11.6 Å². The van der Waals surface area contributed by atoms with E-state index < -0.39 is 6.23 Å². The highest BCUT2D eigenvalue weighted by atomic mass is 35.5. The Morgan fingerprint density at radius 2 is 2.11 bits per heavy atom. The third kappa shape index (κ3) is 3.93. The molecular weight excluding hydrogens is 366 g/mol. The average Bonchev–Trinajstić information content (AvgIpc) is 2.68. The molecule has 0 radical (unpaired) electrons. The van der Waals surface area contributed by atoms with Gasteiger partial charge in [-0.3, -0.25) is 9.78 Å². The van der Waals surface area contributed by atoms with Crippen molar-refractivity contribution in [3.8, 4) is 0 Å². The van der Waals surface area contributed by atoms with Crippen LogP contribution in [0.5, 0.6) is 0 Å². The molecule has 1 aromatic heterocycles. The summed E-state index contributed by atoms with van der Waals surface area (Å²) in [5, 5.41) is 20.6. The molecule has 0 saturated carbocycles. The Balaban J connectivity index is 1.93. The monoisotopic (exact) mass is 389 g/mol. The molecule has 7 heteroatoms. The van der Waals surface area contributed by atoms with Gasteiger partial charge >= 0.3 is 0 Å². The summed E-state index contributed by atoms with van der Waals surface area (Å²) in [5.41, 5.74) is 2.92. The molecule has 144 valence electrons. The number of carbonyl (C=O) groups is 1. The zero-order chi connectivity index (χ0) is 19.6. The van der Waals surface area contributed by atoms with Crippen LogP contribution < -0.4 is 9.80 Å². The van der Waals surface area contributed by atoms with Crippen molar-refractivity contribution in [2.45, 2.75) is 39.0 Å². The van der Waals surface area contributed by atoms with Crippen LogP contribution in [0.2, 0.25) is 5.02 Å². The minimum atomic E-state index is -0.746. The van der Waals surface area contributed by atoms with Crippen LogP contribution in [0.1, 0.15) is 36.2 Å². The number of amides is 1. The maximum Gasteiger partial charge on any atom is 0.258 e. The van der Waals surface area contributed by atoms with Gasteiger partial charge in [-0.15, -0.1) is 0 Å². The van der Waals surface area contributed by atoms with E-state index in [1.165, 1.54) is 0 Å². The molecule has 0 spiro atoms. The minimum Gasteiger partial charge on any atom is -0.394 e. The lowest BCUT2D eigenvalue weighted by atomic mass is 9.98. The van der Waals surface area contributed by atoms with Crippen LogP contribution in [0.3, 0.4) is 0 Å². The van der Waals surface area contributed by atoms with Gasteiger partial charge in [0.25, 0.3) is 5.91 Å². The Kier molecular flexibility index (Phi) is 5.99. The molecule has 0 bridgehead atoms. The number of aromatic nitrogens is 1. The molecule has 3 rings (SSSR count). The molecule has 1 aliphatic rings. The van der Waals surface area contributed by atoms with E-state index in [1.54, 1.807) is 34.3 Å². The first kappa shape index (κ1) is 19.6. The van der Waals surface area contributed by atoms with Crippen molar-refractivity contribution in [2.24, 2.45) is 0 Å². The van der Waals surface area contributed by atoms with Crippen LogP contribution in [0.25, 0.3) is 0 Å². The quantitative estimate of drug-likeness (QED) is 0.743. The van der Waals surface area contributed by atoms with Gasteiger partial charge in [0.2, 0.25) is 0 Å². The number of anilines is 2. The molecule has 1 unspecified atom stereocenters. The van der Waals surface area contributed by atoms with E-state index in [9.17, 15) is 15.0 Å². The molecule has 2 aromatic rings. The van der Waals surface area contributed by atoms with Gasteiger partial charge in [0, 0.05) is 17.1 Å². The molecule has 0 fully saturated rings. The predicted molar refractivity (Wildman–Crippen MR) is 106 cm³/mol. The van der Waals surface area contributed by atoms with Crippen LogP contribution in [0.4, 0.5) is 11.4 Å². The molecule has 0 aliphatic carbocycles. The summed E-state index contributed by atoms with van der Waals surface area (Å²) in [6.45, 7) is 4.13. The molecular formula is C20H24ClN3O3. The second-order valence-electron chi connectivity index (χ2n) is 6.74. The highest BCUT2D eigenvalue weighted by molar-refractivity contribution is 6.30. The first-order valence-corrected chi connectivity index (χ1v) is 9.46. The Labute approximate surface area is 164 Å². The van der Waals surface area contributed by atoms with Gasteiger partial charge in [-0.25, -0.2) is 0 Å². The summed E-state index contributed by atoms with van der Waals surface area (Å²) in [5.74, 6) is -0.0929. The number of rotatable bonds is 6. The maximum atomic E-state index is 12.9. The average molecular weight is 390 g/mol. The zero-order valence-corrected chi connectivity index (χ0v) is 16.2. The molecule has 2 N–H and O–H groups in total. The van der Waals surface area contributed by atoms with Gasteiger partial charge < -0.3 is 20.0 Å². The molecule has 0 saturated heterocycles. The standard InChI is InChI=1S/C20H24ClN3O3/c1-3-19(26)24(13(2)12-25)17-9-16(10-22-11-17)23-7-6-14-8-15(21)4-5-18(14)20(23)27/h4-5,8-11,13,19,25-26H,3,6-7,12H2,1-2H3/t13-,19?/m0/s1. The first-order valence-electron chi connectivity index (χ1n) is 9.08. The van der Waals surface area contributed by atoms with Gasteiger partial charge in [0.05, 0.1) is 36.4 Å². The van der Waals surface area contributed by atoms with Gasteiger partial charge in [0.1, 0.15) is 6.23 Å². The Bertz CT molecular complexity index is 820. The van der Waals surface area contributed by atoms with Crippen molar-refractivity contribution in [1.29, 1.82) is 0 Å². The van der Waals surface area contributed by atoms with E-state index in [1.807, 2.05) is 26.0 Å². The van der Waals surface area contributed by atoms with Crippen LogP contribution in [-0.2, 0) is 6.42 Å².